The molecule has 1 aliphatic heterocycles. The molecule has 6 heteroatoms. The molecule has 1 saturated heterocycles. The van der Waals surface area contributed by atoms with Gasteiger partial charge in [-0.1, -0.05) is 41.4 Å². The fraction of sp³-hybridized carbons (Fsp3) is 0.250. The van der Waals surface area contributed by atoms with E-state index in [2.05, 4.69) is 40.5 Å². The normalized spacial score (nSPS) is 13.9. The van der Waals surface area contributed by atoms with Crippen LogP contribution in [-0.2, 0) is 17.9 Å². The van der Waals surface area contributed by atoms with E-state index in [4.69, 9.17) is 32.7 Å². The highest BCUT2D eigenvalue weighted by molar-refractivity contribution is 6.35. The van der Waals surface area contributed by atoms with E-state index in [1.807, 2.05) is 30.3 Å². The van der Waals surface area contributed by atoms with Gasteiger partial charge >= 0.3 is 0 Å². The van der Waals surface area contributed by atoms with Crippen LogP contribution in [-0.4, -0.2) is 26.3 Å². The van der Waals surface area contributed by atoms with Crippen molar-refractivity contribution in [2.45, 2.75) is 13.2 Å². The van der Waals surface area contributed by atoms with Crippen molar-refractivity contribution in [2.24, 2.45) is 0 Å². The van der Waals surface area contributed by atoms with Crippen LogP contribution >= 0.6 is 23.2 Å². The van der Waals surface area contributed by atoms with Crippen LogP contribution in [0.3, 0.4) is 0 Å². The van der Waals surface area contributed by atoms with Crippen LogP contribution in [0, 0.1) is 0 Å². The standard InChI is InChI=1S/C24H24Cl2N2O2/c25-20-5-4-19(24(26)15-20)17-30-23-3-1-2-18(14-23)16-27-21-6-8-22(9-7-21)28-10-12-29-13-11-28/h1-9,14-15,27H,10-13,16-17H2. The number of anilines is 2. The van der Waals surface area contributed by atoms with Crippen LogP contribution in [0.2, 0.25) is 10.0 Å². The third-order valence-electron chi connectivity index (χ3n) is 5.05. The van der Waals surface area contributed by atoms with Gasteiger partial charge in [0, 0.05) is 46.6 Å². The molecule has 3 aromatic carbocycles. The van der Waals surface area contributed by atoms with Gasteiger partial charge in [0.05, 0.1) is 13.2 Å². The molecule has 0 aliphatic carbocycles. The number of rotatable bonds is 7. The molecule has 0 atom stereocenters. The Hall–Kier alpha value is -2.40. The van der Waals surface area contributed by atoms with Crippen molar-refractivity contribution < 1.29 is 9.47 Å². The van der Waals surface area contributed by atoms with Crippen molar-refractivity contribution in [2.75, 3.05) is 36.5 Å². The van der Waals surface area contributed by atoms with Crippen LogP contribution in [0.4, 0.5) is 11.4 Å². The number of nitrogens with zero attached hydrogens (tertiary/aromatic N) is 1. The molecule has 30 heavy (non-hydrogen) atoms. The van der Waals surface area contributed by atoms with Gasteiger partial charge in [0.1, 0.15) is 12.4 Å². The highest BCUT2D eigenvalue weighted by atomic mass is 35.5. The summed E-state index contributed by atoms with van der Waals surface area (Å²) in [6.07, 6.45) is 0. The van der Waals surface area contributed by atoms with E-state index in [1.54, 1.807) is 6.07 Å². The average molecular weight is 443 g/mol. The molecular formula is C24H24Cl2N2O2. The number of morpholine rings is 1. The second-order valence-corrected chi connectivity index (χ2v) is 8.02. The number of nitrogens with one attached hydrogen (secondary N) is 1. The summed E-state index contributed by atoms with van der Waals surface area (Å²) in [5.74, 6) is 0.808. The Labute approximate surface area is 187 Å². The summed E-state index contributed by atoms with van der Waals surface area (Å²) >= 11 is 12.2. The topological polar surface area (TPSA) is 33.7 Å². The summed E-state index contributed by atoms with van der Waals surface area (Å²) in [5.41, 5.74) is 4.38. The van der Waals surface area contributed by atoms with Crippen molar-refractivity contribution in [1.82, 2.24) is 0 Å². The molecule has 1 fully saturated rings. The predicted octanol–water partition coefficient (Wildman–Crippen LogP) is 6.02. The quantitative estimate of drug-likeness (QED) is 0.484. The minimum Gasteiger partial charge on any atom is -0.489 e. The van der Waals surface area contributed by atoms with E-state index in [9.17, 15) is 0 Å². The predicted molar refractivity (Wildman–Crippen MR) is 124 cm³/mol. The van der Waals surface area contributed by atoms with Gasteiger partial charge in [-0.3, -0.25) is 0 Å². The van der Waals surface area contributed by atoms with Crippen molar-refractivity contribution in [3.63, 3.8) is 0 Å². The number of hydrogen-bond donors (Lipinski definition) is 1. The molecule has 1 N–H and O–H groups in total. The first-order chi connectivity index (χ1) is 14.7. The fourth-order valence-corrected chi connectivity index (χ4v) is 3.82. The molecule has 0 bridgehead atoms. The number of benzene rings is 3. The summed E-state index contributed by atoms with van der Waals surface area (Å²) in [6.45, 7) is 4.60. The van der Waals surface area contributed by atoms with Gasteiger partial charge in [-0.15, -0.1) is 0 Å². The van der Waals surface area contributed by atoms with Gasteiger partial charge in [-0.25, -0.2) is 0 Å². The molecule has 4 nitrogen and oxygen atoms in total. The lowest BCUT2D eigenvalue weighted by molar-refractivity contribution is 0.122. The molecule has 156 valence electrons. The first-order valence-corrected chi connectivity index (χ1v) is 10.8. The highest BCUT2D eigenvalue weighted by Gasteiger charge is 2.10. The zero-order valence-corrected chi connectivity index (χ0v) is 18.1. The van der Waals surface area contributed by atoms with E-state index < -0.39 is 0 Å². The van der Waals surface area contributed by atoms with E-state index in [-0.39, 0.29) is 0 Å². The lowest BCUT2D eigenvalue weighted by Gasteiger charge is -2.28. The maximum atomic E-state index is 6.22. The first kappa shape index (κ1) is 20.9. The Morgan fingerprint density at radius 3 is 2.50 bits per heavy atom. The Bertz CT molecular complexity index is 973. The van der Waals surface area contributed by atoms with E-state index in [0.717, 1.165) is 55.4 Å². The van der Waals surface area contributed by atoms with E-state index >= 15 is 0 Å². The molecule has 0 unspecified atom stereocenters. The Morgan fingerprint density at radius 2 is 1.73 bits per heavy atom. The molecular weight excluding hydrogens is 419 g/mol. The largest absolute Gasteiger partial charge is 0.489 e. The monoisotopic (exact) mass is 442 g/mol. The number of hydrogen-bond acceptors (Lipinski definition) is 4. The van der Waals surface area contributed by atoms with Gasteiger partial charge in [0.25, 0.3) is 0 Å². The van der Waals surface area contributed by atoms with Gasteiger partial charge in [-0.05, 0) is 54.1 Å². The van der Waals surface area contributed by atoms with E-state index in [1.165, 1.54) is 5.69 Å². The summed E-state index contributed by atoms with van der Waals surface area (Å²) in [6, 6.07) is 22.0. The van der Waals surface area contributed by atoms with Gasteiger partial charge in [-0.2, -0.15) is 0 Å². The molecule has 4 rings (SSSR count). The molecule has 0 aromatic heterocycles. The molecule has 0 spiro atoms. The zero-order chi connectivity index (χ0) is 20.8. The van der Waals surface area contributed by atoms with Crippen LogP contribution in [0.5, 0.6) is 5.75 Å². The summed E-state index contributed by atoms with van der Waals surface area (Å²) in [7, 11) is 0. The smallest absolute Gasteiger partial charge is 0.120 e. The van der Waals surface area contributed by atoms with Gasteiger partial charge in [0.15, 0.2) is 0 Å². The molecule has 1 aliphatic rings. The minimum atomic E-state index is 0.399. The SMILES string of the molecule is Clc1ccc(COc2cccc(CNc3ccc(N4CCOCC4)cc3)c2)c(Cl)c1. The van der Waals surface area contributed by atoms with Crippen LogP contribution in [0.15, 0.2) is 66.7 Å². The molecule has 0 amide bonds. The fourth-order valence-electron chi connectivity index (χ4n) is 3.36. The highest BCUT2D eigenvalue weighted by Crippen LogP contribution is 2.24. The number of halogens is 2. The summed E-state index contributed by atoms with van der Waals surface area (Å²) in [4.78, 5) is 2.35. The lowest BCUT2D eigenvalue weighted by atomic mass is 10.2. The van der Waals surface area contributed by atoms with Crippen molar-refractivity contribution in [3.8, 4) is 5.75 Å². The van der Waals surface area contributed by atoms with Crippen LogP contribution < -0.4 is 15.0 Å². The Morgan fingerprint density at radius 1 is 0.933 bits per heavy atom. The second-order valence-electron chi connectivity index (χ2n) is 7.17. The van der Waals surface area contributed by atoms with Crippen molar-refractivity contribution in [1.29, 1.82) is 0 Å². The third kappa shape index (κ3) is 5.60. The van der Waals surface area contributed by atoms with Crippen LogP contribution in [0.25, 0.3) is 0 Å². The molecule has 1 heterocycles. The summed E-state index contributed by atoms with van der Waals surface area (Å²) < 4.78 is 11.3. The minimum absolute atomic E-state index is 0.399. The van der Waals surface area contributed by atoms with Crippen molar-refractivity contribution in [3.05, 3.63) is 87.9 Å². The summed E-state index contributed by atoms with van der Waals surface area (Å²) in [5, 5.41) is 4.70. The lowest BCUT2D eigenvalue weighted by Crippen LogP contribution is -2.36. The molecule has 0 saturated carbocycles. The molecule has 0 radical (unpaired) electrons. The van der Waals surface area contributed by atoms with Crippen molar-refractivity contribution >= 4 is 34.6 Å². The second kappa shape index (κ2) is 10.1. The first-order valence-electron chi connectivity index (χ1n) is 10.00. The third-order valence-corrected chi connectivity index (χ3v) is 5.64. The molecule has 3 aromatic rings. The zero-order valence-electron chi connectivity index (χ0n) is 16.6. The number of ether oxygens (including phenoxy) is 2. The van der Waals surface area contributed by atoms with Crippen LogP contribution in [0.1, 0.15) is 11.1 Å². The Kier molecular flexibility index (Phi) is 7.00. The van der Waals surface area contributed by atoms with Gasteiger partial charge < -0.3 is 19.7 Å². The maximum absolute atomic E-state index is 6.22. The maximum Gasteiger partial charge on any atom is 0.120 e. The Balaban J connectivity index is 1.31. The average Bonchev–Trinajstić information content (AvgIpc) is 2.78. The van der Waals surface area contributed by atoms with E-state index in [0.29, 0.717) is 16.7 Å². The van der Waals surface area contributed by atoms with Gasteiger partial charge in [0.2, 0.25) is 0 Å².